The van der Waals surface area contributed by atoms with Crippen LogP contribution in [0.25, 0.3) is 0 Å². The van der Waals surface area contributed by atoms with Crippen molar-refractivity contribution < 1.29 is 24.2 Å². The Hall–Kier alpha value is -1.34. The van der Waals surface area contributed by atoms with E-state index in [1.165, 1.54) is 0 Å². The molecule has 0 saturated heterocycles. The lowest BCUT2D eigenvalue weighted by molar-refractivity contribution is -0.142. The van der Waals surface area contributed by atoms with Crippen molar-refractivity contribution in [1.29, 1.82) is 0 Å². The minimum atomic E-state index is -0.730. The van der Waals surface area contributed by atoms with E-state index in [2.05, 4.69) is 10.6 Å². The van der Waals surface area contributed by atoms with E-state index in [1.807, 2.05) is 0 Å². The van der Waals surface area contributed by atoms with Gasteiger partial charge in [0.2, 0.25) is 0 Å². The van der Waals surface area contributed by atoms with E-state index in [0.717, 1.165) is 19.3 Å². The molecule has 7 nitrogen and oxygen atoms in total. The first-order chi connectivity index (χ1) is 10.1. The molecule has 0 aromatic carbocycles. The predicted molar refractivity (Wildman–Crippen MR) is 77.2 cm³/mol. The second-order valence-corrected chi connectivity index (χ2v) is 5.25. The molecule has 122 valence electrons. The maximum atomic E-state index is 11.7. The molecule has 1 aliphatic carbocycles. The van der Waals surface area contributed by atoms with Crippen LogP contribution in [0.3, 0.4) is 0 Å². The van der Waals surface area contributed by atoms with Crippen LogP contribution >= 0.6 is 0 Å². The van der Waals surface area contributed by atoms with Crippen LogP contribution in [0.15, 0.2) is 0 Å². The highest BCUT2D eigenvalue weighted by Crippen LogP contribution is 2.24. The van der Waals surface area contributed by atoms with Gasteiger partial charge in [0, 0.05) is 26.3 Å². The summed E-state index contributed by atoms with van der Waals surface area (Å²) in [6.45, 7) is 2.29. The predicted octanol–water partition coefficient (Wildman–Crippen LogP) is 0.982. The van der Waals surface area contributed by atoms with Crippen molar-refractivity contribution in [3.05, 3.63) is 0 Å². The number of nitrogens with one attached hydrogen (secondary N) is 2. The molecule has 1 aliphatic rings. The highest BCUT2D eigenvalue weighted by Gasteiger charge is 2.26. The van der Waals surface area contributed by atoms with Crippen LogP contribution in [0.5, 0.6) is 0 Å². The number of hydrogen-bond donors (Lipinski definition) is 3. The summed E-state index contributed by atoms with van der Waals surface area (Å²) in [5, 5.41) is 14.6. The second kappa shape index (κ2) is 10.4. The number of ether oxygens (including phenoxy) is 2. The summed E-state index contributed by atoms with van der Waals surface area (Å²) in [4.78, 5) is 22.5. The van der Waals surface area contributed by atoms with Gasteiger partial charge in [-0.1, -0.05) is 0 Å². The summed E-state index contributed by atoms with van der Waals surface area (Å²) >= 11 is 0. The van der Waals surface area contributed by atoms with Gasteiger partial charge in [-0.15, -0.1) is 0 Å². The van der Waals surface area contributed by atoms with Crippen molar-refractivity contribution >= 4 is 12.0 Å². The van der Waals surface area contributed by atoms with E-state index in [4.69, 9.17) is 14.6 Å². The highest BCUT2D eigenvalue weighted by atomic mass is 16.5. The number of aliphatic carboxylic acids is 1. The van der Waals surface area contributed by atoms with Crippen LogP contribution in [-0.4, -0.2) is 56.6 Å². The van der Waals surface area contributed by atoms with Gasteiger partial charge in [-0.2, -0.15) is 0 Å². The molecule has 3 N–H and O–H groups in total. The van der Waals surface area contributed by atoms with E-state index >= 15 is 0 Å². The van der Waals surface area contributed by atoms with E-state index in [0.29, 0.717) is 39.2 Å². The summed E-state index contributed by atoms with van der Waals surface area (Å²) in [5.74, 6) is -0.985. The monoisotopic (exact) mass is 302 g/mol. The normalized spacial score (nSPS) is 21.8. The van der Waals surface area contributed by atoms with Crippen LogP contribution in [0.2, 0.25) is 0 Å². The molecule has 1 saturated carbocycles. The average molecular weight is 302 g/mol. The maximum Gasteiger partial charge on any atom is 0.315 e. The van der Waals surface area contributed by atoms with Gasteiger partial charge < -0.3 is 25.2 Å². The summed E-state index contributed by atoms with van der Waals surface area (Å²) in [5.41, 5.74) is 0. The van der Waals surface area contributed by atoms with Crippen molar-refractivity contribution in [3.8, 4) is 0 Å². The number of carboxylic acids is 1. The first kappa shape index (κ1) is 17.7. The van der Waals surface area contributed by atoms with Gasteiger partial charge in [-0.25, -0.2) is 4.79 Å². The summed E-state index contributed by atoms with van der Waals surface area (Å²) in [7, 11) is 1.62. The third-order valence-electron chi connectivity index (χ3n) is 3.59. The quantitative estimate of drug-likeness (QED) is 0.552. The molecule has 0 bridgehead atoms. The zero-order chi connectivity index (χ0) is 15.5. The number of methoxy groups -OCH3 is 1. The number of amides is 2. The Morgan fingerprint density at radius 2 is 1.86 bits per heavy atom. The largest absolute Gasteiger partial charge is 0.481 e. The van der Waals surface area contributed by atoms with Gasteiger partial charge >= 0.3 is 12.0 Å². The Morgan fingerprint density at radius 3 is 2.48 bits per heavy atom. The molecule has 0 aromatic rings. The van der Waals surface area contributed by atoms with E-state index in [1.54, 1.807) is 7.11 Å². The molecule has 0 heterocycles. The van der Waals surface area contributed by atoms with E-state index < -0.39 is 5.97 Å². The number of hydrogen-bond acceptors (Lipinski definition) is 4. The average Bonchev–Trinajstić information content (AvgIpc) is 2.47. The van der Waals surface area contributed by atoms with Crippen molar-refractivity contribution in [2.45, 2.75) is 38.1 Å². The van der Waals surface area contributed by atoms with E-state index in [-0.39, 0.29) is 18.0 Å². The SMILES string of the molecule is COCCOCCCNC(=O)NC1CCC(C(=O)O)CC1. The minimum absolute atomic E-state index is 0.0820. The molecule has 0 aliphatic heterocycles. The van der Waals surface area contributed by atoms with Crippen molar-refractivity contribution in [2.24, 2.45) is 5.92 Å². The van der Waals surface area contributed by atoms with E-state index in [9.17, 15) is 9.59 Å². The van der Waals surface area contributed by atoms with Gasteiger partial charge in [0.15, 0.2) is 0 Å². The topological polar surface area (TPSA) is 96.9 Å². The Bertz CT molecular complexity index is 316. The number of carbonyl (C=O) groups excluding carboxylic acids is 1. The molecule has 0 aromatic heterocycles. The maximum absolute atomic E-state index is 11.7. The summed E-state index contributed by atoms with van der Waals surface area (Å²) in [6, 6.07) is -0.107. The lowest BCUT2D eigenvalue weighted by Gasteiger charge is -2.26. The van der Waals surface area contributed by atoms with Crippen molar-refractivity contribution in [3.63, 3.8) is 0 Å². The first-order valence-electron chi connectivity index (χ1n) is 7.47. The van der Waals surface area contributed by atoms with Crippen LogP contribution < -0.4 is 10.6 Å². The minimum Gasteiger partial charge on any atom is -0.481 e. The molecule has 7 heteroatoms. The molecular weight excluding hydrogens is 276 g/mol. The fraction of sp³-hybridized carbons (Fsp3) is 0.857. The molecule has 1 fully saturated rings. The second-order valence-electron chi connectivity index (χ2n) is 5.25. The highest BCUT2D eigenvalue weighted by molar-refractivity contribution is 5.74. The van der Waals surface area contributed by atoms with Gasteiger partial charge in [0.05, 0.1) is 19.1 Å². The van der Waals surface area contributed by atoms with Gasteiger partial charge in [-0.05, 0) is 32.1 Å². The Balaban J connectivity index is 2.00. The fourth-order valence-corrected chi connectivity index (χ4v) is 2.34. The smallest absolute Gasteiger partial charge is 0.315 e. The lowest BCUT2D eigenvalue weighted by Crippen LogP contribution is -2.44. The van der Waals surface area contributed by atoms with Crippen LogP contribution in [0.1, 0.15) is 32.1 Å². The molecule has 1 rings (SSSR count). The van der Waals surface area contributed by atoms with Crippen molar-refractivity contribution in [2.75, 3.05) is 33.5 Å². The molecule has 0 spiro atoms. The van der Waals surface area contributed by atoms with Gasteiger partial charge in [0.25, 0.3) is 0 Å². The third-order valence-corrected chi connectivity index (χ3v) is 3.59. The molecular formula is C14H26N2O5. The van der Waals surface area contributed by atoms with Crippen LogP contribution in [0.4, 0.5) is 4.79 Å². The van der Waals surface area contributed by atoms with Crippen LogP contribution in [0, 0.1) is 5.92 Å². The lowest BCUT2D eigenvalue weighted by atomic mass is 9.86. The van der Waals surface area contributed by atoms with Crippen molar-refractivity contribution in [1.82, 2.24) is 10.6 Å². The molecule has 21 heavy (non-hydrogen) atoms. The Morgan fingerprint density at radius 1 is 1.14 bits per heavy atom. The third kappa shape index (κ3) is 7.87. The molecule has 0 unspecified atom stereocenters. The fourth-order valence-electron chi connectivity index (χ4n) is 2.34. The molecule has 0 atom stereocenters. The number of carboxylic acid groups (broad SMARTS) is 1. The number of carbonyl (C=O) groups is 2. The summed E-state index contributed by atoms with van der Waals surface area (Å²) in [6.07, 6.45) is 3.47. The first-order valence-corrected chi connectivity index (χ1v) is 7.47. The van der Waals surface area contributed by atoms with Crippen LogP contribution in [-0.2, 0) is 14.3 Å². The van der Waals surface area contributed by atoms with Gasteiger partial charge in [0.1, 0.15) is 0 Å². The number of rotatable bonds is 9. The molecule has 0 radical (unpaired) electrons. The van der Waals surface area contributed by atoms with Gasteiger partial charge in [-0.3, -0.25) is 4.79 Å². The zero-order valence-corrected chi connectivity index (χ0v) is 12.6. The summed E-state index contributed by atoms with van der Waals surface area (Å²) < 4.78 is 10.1. The Labute approximate surface area is 125 Å². The zero-order valence-electron chi connectivity index (χ0n) is 12.6. The molecule has 2 amide bonds. The standard InChI is InChI=1S/C14H26N2O5/c1-20-9-10-21-8-2-7-15-14(19)16-12-5-3-11(4-6-12)13(17)18/h11-12H,2-10H2,1H3,(H,17,18)(H2,15,16,19). The Kier molecular flexibility index (Phi) is 8.77. The number of urea groups is 1.